The van der Waals surface area contributed by atoms with Gasteiger partial charge in [-0.3, -0.25) is 0 Å². The van der Waals surface area contributed by atoms with Gasteiger partial charge in [-0.25, -0.2) is 4.98 Å². The molecular weight excluding hydrogens is 216 g/mol. The Balaban J connectivity index is 2.38. The van der Waals surface area contributed by atoms with Crippen molar-refractivity contribution in [2.75, 3.05) is 5.73 Å². The molecule has 2 aromatic rings. The van der Waals surface area contributed by atoms with Crippen molar-refractivity contribution >= 4 is 17.2 Å². The number of benzene rings is 1. The number of anilines is 1. The Labute approximate surface area is 100 Å². The van der Waals surface area contributed by atoms with E-state index in [0.29, 0.717) is 11.7 Å². The molecule has 0 aliphatic heterocycles. The van der Waals surface area contributed by atoms with Crippen molar-refractivity contribution in [2.24, 2.45) is 0 Å². The molecule has 1 aromatic carbocycles. The molecule has 0 saturated heterocycles. The number of aryl methyl sites for hydroxylation is 1. The fourth-order valence-electron chi connectivity index (χ4n) is 1.67. The highest BCUT2D eigenvalue weighted by molar-refractivity contribution is 7.15. The summed E-state index contributed by atoms with van der Waals surface area (Å²) in [5.41, 5.74) is 8.38. The van der Waals surface area contributed by atoms with Gasteiger partial charge >= 0.3 is 0 Å². The van der Waals surface area contributed by atoms with Crippen LogP contribution >= 0.6 is 11.3 Å². The summed E-state index contributed by atoms with van der Waals surface area (Å²) >= 11 is 1.65. The average molecular weight is 232 g/mol. The lowest BCUT2D eigenvalue weighted by Crippen LogP contribution is -1.89. The van der Waals surface area contributed by atoms with Gasteiger partial charge in [0, 0.05) is 0 Å². The number of hydrogen-bond donors (Lipinski definition) is 1. The van der Waals surface area contributed by atoms with E-state index >= 15 is 0 Å². The molecule has 0 saturated carbocycles. The Bertz CT molecular complexity index is 483. The SMILES string of the molecule is Cc1nc(N)c(-c2ccc(C(C)C)cc2)s1. The van der Waals surface area contributed by atoms with Crippen LogP contribution in [-0.2, 0) is 0 Å². The minimum absolute atomic E-state index is 0.564. The van der Waals surface area contributed by atoms with Crippen molar-refractivity contribution in [3.63, 3.8) is 0 Å². The highest BCUT2D eigenvalue weighted by Gasteiger charge is 2.08. The van der Waals surface area contributed by atoms with Crippen LogP contribution in [0.2, 0.25) is 0 Å². The summed E-state index contributed by atoms with van der Waals surface area (Å²) in [7, 11) is 0. The summed E-state index contributed by atoms with van der Waals surface area (Å²) in [4.78, 5) is 5.32. The number of thiazole rings is 1. The smallest absolute Gasteiger partial charge is 0.142 e. The van der Waals surface area contributed by atoms with Crippen LogP contribution in [0.25, 0.3) is 10.4 Å². The normalized spacial score (nSPS) is 11.0. The molecule has 0 aliphatic rings. The van der Waals surface area contributed by atoms with Crippen LogP contribution in [0.1, 0.15) is 30.3 Å². The van der Waals surface area contributed by atoms with Crippen LogP contribution in [0.3, 0.4) is 0 Å². The third-order valence-corrected chi connectivity index (χ3v) is 3.64. The fourth-order valence-corrected chi connectivity index (χ4v) is 2.51. The Morgan fingerprint density at radius 3 is 2.25 bits per heavy atom. The zero-order valence-corrected chi connectivity index (χ0v) is 10.6. The Morgan fingerprint density at radius 2 is 1.81 bits per heavy atom. The van der Waals surface area contributed by atoms with E-state index in [1.165, 1.54) is 5.56 Å². The lowest BCUT2D eigenvalue weighted by atomic mass is 10.0. The molecule has 0 atom stereocenters. The Kier molecular flexibility index (Phi) is 2.97. The summed E-state index contributed by atoms with van der Waals surface area (Å²) < 4.78 is 0. The first kappa shape index (κ1) is 11.1. The van der Waals surface area contributed by atoms with E-state index in [-0.39, 0.29) is 0 Å². The molecule has 2 N–H and O–H groups in total. The van der Waals surface area contributed by atoms with Gasteiger partial charge in [-0.1, -0.05) is 38.1 Å². The van der Waals surface area contributed by atoms with Crippen LogP contribution in [0.15, 0.2) is 24.3 Å². The van der Waals surface area contributed by atoms with Gasteiger partial charge < -0.3 is 5.73 Å². The molecule has 0 bridgehead atoms. The van der Waals surface area contributed by atoms with E-state index in [9.17, 15) is 0 Å². The number of rotatable bonds is 2. The molecule has 0 radical (unpaired) electrons. The largest absolute Gasteiger partial charge is 0.382 e. The summed E-state index contributed by atoms with van der Waals surface area (Å²) in [6, 6.07) is 8.57. The highest BCUT2D eigenvalue weighted by Crippen LogP contribution is 2.32. The predicted molar refractivity (Wildman–Crippen MR) is 70.8 cm³/mol. The maximum absolute atomic E-state index is 5.87. The topological polar surface area (TPSA) is 38.9 Å². The van der Waals surface area contributed by atoms with Crippen LogP contribution in [0.5, 0.6) is 0 Å². The second kappa shape index (κ2) is 4.26. The number of hydrogen-bond acceptors (Lipinski definition) is 3. The van der Waals surface area contributed by atoms with Gasteiger partial charge in [0.15, 0.2) is 0 Å². The van der Waals surface area contributed by atoms with Gasteiger partial charge in [0.25, 0.3) is 0 Å². The van der Waals surface area contributed by atoms with Crippen molar-refractivity contribution in [1.82, 2.24) is 4.98 Å². The molecular formula is C13H16N2S. The van der Waals surface area contributed by atoms with Crippen molar-refractivity contribution in [3.05, 3.63) is 34.8 Å². The van der Waals surface area contributed by atoms with E-state index in [2.05, 4.69) is 43.1 Å². The van der Waals surface area contributed by atoms with Gasteiger partial charge in [0.2, 0.25) is 0 Å². The summed E-state index contributed by atoms with van der Waals surface area (Å²) in [5, 5.41) is 1.01. The Morgan fingerprint density at radius 1 is 1.19 bits per heavy atom. The van der Waals surface area contributed by atoms with Gasteiger partial charge in [-0.15, -0.1) is 11.3 Å². The van der Waals surface area contributed by atoms with Crippen LogP contribution < -0.4 is 5.73 Å². The first-order chi connectivity index (χ1) is 7.58. The second-order valence-electron chi connectivity index (χ2n) is 4.22. The summed E-state index contributed by atoms with van der Waals surface area (Å²) in [5.74, 6) is 1.20. The number of nitrogens with zero attached hydrogens (tertiary/aromatic N) is 1. The molecule has 0 aliphatic carbocycles. The van der Waals surface area contributed by atoms with Crippen LogP contribution in [-0.4, -0.2) is 4.98 Å². The third kappa shape index (κ3) is 2.09. The zero-order valence-electron chi connectivity index (χ0n) is 9.82. The first-order valence-electron chi connectivity index (χ1n) is 5.41. The third-order valence-electron chi connectivity index (χ3n) is 2.60. The summed E-state index contributed by atoms with van der Waals surface area (Å²) in [6.45, 7) is 6.37. The van der Waals surface area contributed by atoms with E-state index in [4.69, 9.17) is 5.73 Å². The minimum atomic E-state index is 0.564. The lowest BCUT2D eigenvalue weighted by Gasteiger charge is -2.05. The van der Waals surface area contributed by atoms with E-state index in [1.54, 1.807) is 11.3 Å². The molecule has 2 nitrogen and oxygen atoms in total. The molecule has 0 unspecified atom stereocenters. The zero-order chi connectivity index (χ0) is 11.7. The van der Waals surface area contributed by atoms with Gasteiger partial charge in [0.1, 0.15) is 5.82 Å². The molecule has 0 fully saturated rings. The van der Waals surface area contributed by atoms with E-state index < -0.39 is 0 Å². The monoisotopic (exact) mass is 232 g/mol. The predicted octanol–water partition coefficient (Wildman–Crippen LogP) is 3.82. The summed E-state index contributed by atoms with van der Waals surface area (Å²) in [6.07, 6.45) is 0. The maximum atomic E-state index is 5.87. The molecule has 1 aromatic heterocycles. The van der Waals surface area contributed by atoms with Crippen molar-refractivity contribution in [1.29, 1.82) is 0 Å². The molecule has 1 heterocycles. The standard InChI is InChI=1S/C13H16N2S/c1-8(2)10-4-6-11(7-5-10)12-13(14)15-9(3)16-12/h4-8H,14H2,1-3H3. The quantitative estimate of drug-likeness (QED) is 0.854. The van der Waals surface area contributed by atoms with Crippen molar-refractivity contribution < 1.29 is 0 Å². The van der Waals surface area contributed by atoms with Gasteiger partial charge in [-0.2, -0.15) is 0 Å². The Hall–Kier alpha value is -1.35. The maximum Gasteiger partial charge on any atom is 0.142 e. The first-order valence-corrected chi connectivity index (χ1v) is 6.23. The van der Waals surface area contributed by atoms with Gasteiger partial charge in [0.05, 0.1) is 9.88 Å². The van der Waals surface area contributed by atoms with E-state index in [0.717, 1.165) is 15.4 Å². The fraction of sp³-hybridized carbons (Fsp3) is 0.308. The molecule has 84 valence electrons. The van der Waals surface area contributed by atoms with Gasteiger partial charge in [-0.05, 0) is 24.0 Å². The lowest BCUT2D eigenvalue weighted by molar-refractivity contribution is 0.867. The highest BCUT2D eigenvalue weighted by atomic mass is 32.1. The average Bonchev–Trinajstić information content (AvgIpc) is 2.58. The number of nitrogen functional groups attached to an aromatic ring is 1. The number of nitrogens with two attached hydrogens (primary N) is 1. The van der Waals surface area contributed by atoms with E-state index in [1.807, 2.05) is 6.92 Å². The van der Waals surface area contributed by atoms with Crippen LogP contribution in [0, 0.1) is 6.92 Å². The van der Waals surface area contributed by atoms with Crippen LogP contribution in [0.4, 0.5) is 5.82 Å². The number of aromatic nitrogens is 1. The molecule has 2 rings (SSSR count). The molecule has 16 heavy (non-hydrogen) atoms. The minimum Gasteiger partial charge on any atom is -0.382 e. The second-order valence-corrected chi connectivity index (χ2v) is 5.43. The molecule has 3 heteroatoms. The molecule has 0 spiro atoms. The molecule has 0 amide bonds. The van der Waals surface area contributed by atoms with Crippen molar-refractivity contribution in [3.8, 4) is 10.4 Å². The van der Waals surface area contributed by atoms with Crippen molar-refractivity contribution in [2.45, 2.75) is 26.7 Å².